The second kappa shape index (κ2) is 10.9. The molecule has 3 amide bonds. The van der Waals surface area contributed by atoms with Crippen LogP contribution < -0.4 is 10.8 Å². The molecule has 0 saturated heterocycles. The summed E-state index contributed by atoms with van der Waals surface area (Å²) in [6.45, 7) is 0.151. The van der Waals surface area contributed by atoms with Gasteiger partial charge in [0.15, 0.2) is 0 Å². The van der Waals surface area contributed by atoms with Crippen LogP contribution in [0.1, 0.15) is 58.4 Å². The molecule has 3 aromatic rings. The van der Waals surface area contributed by atoms with Crippen LogP contribution >= 0.6 is 0 Å². The summed E-state index contributed by atoms with van der Waals surface area (Å²) in [5.74, 6) is -1.01. The molecule has 3 aromatic carbocycles. The smallest absolute Gasteiger partial charge is 0.274 e. The average molecular weight is 460 g/mol. The SMILES string of the molecule is O=C(CN(Cc1ccc(C(=O)NO)cc1)C(=O)c1cccc2ccccc12)NC1CCCCC1. The Morgan fingerprint density at radius 3 is 2.32 bits per heavy atom. The van der Waals surface area contributed by atoms with Gasteiger partial charge in [-0.2, -0.15) is 0 Å². The Morgan fingerprint density at radius 2 is 1.59 bits per heavy atom. The van der Waals surface area contributed by atoms with Crippen LogP contribution in [0.25, 0.3) is 10.8 Å². The summed E-state index contributed by atoms with van der Waals surface area (Å²) in [5, 5.41) is 13.7. The average Bonchev–Trinajstić information content (AvgIpc) is 2.88. The standard InChI is InChI=1S/C27H29N3O4/c31-25(28-22-9-2-1-3-10-22)18-30(17-19-13-15-21(16-14-19)26(32)29-34)27(33)24-12-6-8-20-7-4-5-11-23(20)24/h4-8,11-16,22,34H,1-3,9-10,17-18H2,(H,28,31)(H,29,32). The minimum absolute atomic E-state index is 0.0581. The summed E-state index contributed by atoms with van der Waals surface area (Å²) in [5.41, 5.74) is 3.22. The van der Waals surface area contributed by atoms with E-state index in [0.717, 1.165) is 42.0 Å². The number of amides is 3. The molecule has 0 atom stereocenters. The van der Waals surface area contributed by atoms with E-state index in [4.69, 9.17) is 5.21 Å². The number of nitrogens with zero attached hydrogens (tertiary/aromatic N) is 1. The fraction of sp³-hybridized carbons (Fsp3) is 0.296. The van der Waals surface area contributed by atoms with E-state index in [1.165, 1.54) is 6.42 Å². The number of nitrogens with one attached hydrogen (secondary N) is 2. The molecule has 3 N–H and O–H groups in total. The Bertz CT molecular complexity index is 1160. The molecule has 7 heteroatoms. The van der Waals surface area contributed by atoms with Gasteiger partial charge in [0.2, 0.25) is 5.91 Å². The summed E-state index contributed by atoms with van der Waals surface area (Å²) < 4.78 is 0. The molecule has 0 heterocycles. The number of carbonyl (C=O) groups excluding carboxylic acids is 3. The van der Waals surface area contributed by atoms with Crippen molar-refractivity contribution in [1.29, 1.82) is 0 Å². The predicted molar refractivity (Wildman–Crippen MR) is 129 cm³/mol. The second-order valence-electron chi connectivity index (χ2n) is 8.73. The van der Waals surface area contributed by atoms with Crippen LogP contribution in [0.5, 0.6) is 0 Å². The van der Waals surface area contributed by atoms with E-state index < -0.39 is 5.91 Å². The van der Waals surface area contributed by atoms with Gasteiger partial charge in [-0.25, -0.2) is 5.48 Å². The van der Waals surface area contributed by atoms with E-state index in [1.54, 1.807) is 40.7 Å². The maximum atomic E-state index is 13.7. The van der Waals surface area contributed by atoms with Gasteiger partial charge < -0.3 is 10.2 Å². The van der Waals surface area contributed by atoms with Crippen LogP contribution in [-0.2, 0) is 11.3 Å². The lowest BCUT2D eigenvalue weighted by molar-refractivity contribution is -0.122. The Balaban J connectivity index is 1.58. The first-order valence-electron chi connectivity index (χ1n) is 11.6. The van der Waals surface area contributed by atoms with Crippen LogP contribution in [0.2, 0.25) is 0 Å². The lowest BCUT2D eigenvalue weighted by Crippen LogP contribution is -2.44. The molecule has 7 nitrogen and oxygen atoms in total. The molecular formula is C27H29N3O4. The molecule has 0 aliphatic heterocycles. The number of fused-ring (bicyclic) bond motifs is 1. The minimum Gasteiger partial charge on any atom is -0.352 e. The van der Waals surface area contributed by atoms with Crippen molar-refractivity contribution in [3.05, 3.63) is 83.4 Å². The highest BCUT2D eigenvalue weighted by Gasteiger charge is 2.23. The van der Waals surface area contributed by atoms with Gasteiger partial charge in [0.05, 0.1) is 0 Å². The molecule has 0 unspecified atom stereocenters. The first-order valence-corrected chi connectivity index (χ1v) is 11.6. The molecule has 1 saturated carbocycles. The molecule has 1 aliphatic rings. The highest BCUT2D eigenvalue weighted by atomic mass is 16.5. The summed E-state index contributed by atoms with van der Waals surface area (Å²) in [4.78, 5) is 39.7. The predicted octanol–water partition coefficient (Wildman–Crippen LogP) is 4.05. The van der Waals surface area contributed by atoms with E-state index in [1.807, 2.05) is 36.4 Å². The van der Waals surface area contributed by atoms with Crippen molar-refractivity contribution in [1.82, 2.24) is 15.7 Å². The van der Waals surface area contributed by atoms with Crippen molar-refractivity contribution < 1.29 is 19.6 Å². The van der Waals surface area contributed by atoms with E-state index >= 15 is 0 Å². The van der Waals surface area contributed by atoms with Gasteiger partial charge in [-0.3, -0.25) is 19.6 Å². The number of hydroxylamine groups is 1. The minimum atomic E-state index is -0.609. The third-order valence-corrected chi connectivity index (χ3v) is 6.30. The van der Waals surface area contributed by atoms with Gasteiger partial charge in [-0.15, -0.1) is 0 Å². The topological polar surface area (TPSA) is 98.7 Å². The fourth-order valence-electron chi connectivity index (χ4n) is 4.52. The maximum absolute atomic E-state index is 13.7. The van der Waals surface area contributed by atoms with Crippen molar-refractivity contribution in [2.45, 2.75) is 44.7 Å². The van der Waals surface area contributed by atoms with Crippen LogP contribution in [0.4, 0.5) is 0 Å². The Labute approximate surface area is 198 Å². The molecule has 1 fully saturated rings. The highest BCUT2D eigenvalue weighted by Crippen LogP contribution is 2.22. The summed E-state index contributed by atoms with van der Waals surface area (Å²) in [7, 11) is 0. The fourth-order valence-corrected chi connectivity index (χ4v) is 4.52. The Morgan fingerprint density at radius 1 is 0.882 bits per heavy atom. The van der Waals surface area contributed by atoms with Crippen LogP contribution in [0, 0.1) is 0 Å². The van der Waals surface area contributed by atoms with Crippen molar-refractivity contribution >= 4 is 28.5 Å². The quantitative estimate of drug-likeness (QED) is 0.367. The molecule has 4 rings (SSSR count). The van der Waals surface area contributed by atoms with E-state index in [0.29, 0.717) is 11.1 Å². The lowest BCUT2D eigenvalue weighted by atomic mass is 9.95. The summed E-state index contributed by atoms with van der Waals surface area (Å²) in [6, 6.07) is 20.0. The number of rotatable bonds is 7. The van der Waals surface area contributed by atoms with Gasteiger partial charge in [0.1, 0.15) is 6.54 Å². The monoisotopic (exact) mass is 459 g/mol. The second-order valence-corrected chi connectivity index (χ2v) is 8.73. The number of hydrogen-bond acceptors (Lipinski definition) is 4. The summed E-state index contributed by atoms with van der Waals surface area (Å²) >= 11 is 0. The zero-order valence-corrected chi connectivity index (χ0v) is 19.0. The maximum Gasteiger partial charge on any atom is 0.274 e. The molecular weight excluding hydrogens is 430 g/mol. The van der Waals surface area contributed by atoms with Crippen molar-refractivity contribution in [3.8, 4) is 0 Å². The molecule has 0 spiro atoms. The zero-order chi connectivity index (χ0) is 23.9. The van der Waals surface area contributed by atoms with E-state index in [9.17, 15) is 14.4 Å². The third kappa shape index (κ3) is 5.61. The first kappa shape index (κ1) is 23.4. The third-order valence-electron chi connectivity index (χ3n) is 6.30. The van der Waals surface area contributed by atoms with Crippen LogP contribution in [0.15, 0.2) is 66.7 Å². The van der Waals surface area contributed by atoms with E-state index in [-0.39, 0.29) is 30.9 Å². The Hall–Kier alpha value is -3.71. The summed E-state index contributed by atoms with van der Waals surface area (Å²) in [6.07, 6.45) is 5.35. The number of hydrogen-bond donors (Lipinski definition) is 3. The number of carbonyl (C=O) groups is 3. The molecule has 1 aliphatic carbocycles. The van der Waals surface area contributed by atoms with E-state index in [2.05, 4.69) is 5.32 Å². The van der Waals surface area contributed by atoms with Crippen molar-refractivity contribution in [2.75, 3.05) is 6.54 Å². The first-order chi connectivity index (χ1) is 16.5. The largest absolute Gasteiger partial charge is 0.352 e. The van der Waals surface area contributed by atoms with Gasteiger partial charge in [0, 0.05) is 23.7 Å². The number of benzene rings is 3. The molecule has 0 aromatic heterocycles. The molecule has 0 radical (unpaired) electrons. The highest BCUT2D eigenvalue weighted by molar-refractivity contribution is 6.07. The van der Waals surface area contributed by atoms with Crippen LogP contribution in [0.3, 0.4) is 0 Å². The van der Waals surface area contributed by atoms with Gasteiger partial charge in [-0.05, 0) is 47.4 Å². The Kier molecular flexibility index (Phi) is 7.54. The van der Waals surface area contributed by atoms with Crippen molar-refractivity contribution in [2.24, 2.45) is 0 Å². The van der Waals surface area contributed by atoms with Gasteiger partial charge >= 0.3 is 0 Å². The molecule has 34 heavy (non-hydrogen) atoms. The molecule has 0 bridgehead atoms. The van der Waals surface area contributed by atoms with Crippen molar-refractivity contribution in [3.63, 3.8) is 0 Å². The van der Waals surface area contributed by atoms with Gasteiger partial charge in [-0.1, -0.05) is 67.8 Å². The molecule has 176 valence electrons. The van der Waals surface area contributed by atoms with Gasteiger partial charge in [0.25, 0.3) is 11.8 Å². The normalized spacial score (nSPS) is 13.9. The van der Waals surface area contributed by atoms with Crippen LogP contribution in [-0.4, -0.2) is 40.4 Å². The lowest BCUT2D eigenvalue weighted by Gasteiger charge is -2.26. The zero-order valence-electron chi connectivity index (χ0n) is 19.0.